The maximum absolute atomic E-state index is 3.56. The Morgan fingerprint density at radius 1 is 1.20 bits per heavy atom. The van der Waals surface area contributed by atoms with Gasteiger partial charge in [-0.25, -0.2) is 0 Å². The van der Waals surface area contributed by atoms with Gasteiger partial charge < -0.3 is 5.32 Å². The number of piperidine rings is 1. The Morgan fingerprint density at radius 2 is 1.95 bits per heavy atom. The summed E-state index contributed by atoms with van der Waals surface area (Å²) in [7, 11) is 0. The molecule has 1 aliphatic carbocycles. The van der Waals surface area contributed by atoms with Gasteiger partial charge in [-0.1, -0.05) is 29.8 Å². The molecule has 1 aromatic rings. The van der Waals surface area contributed by atoms with Gasteiger partial charge in [-0.05, 0) is 64.1 Å². The third kappa shape index (κ3) is 3.42. The number of aryl methyl sites for hydroxylation is 1. The van der Waals surface area contributed by atoms with Gasteiger partial charge in [0.25, 0.3) is 0 Å². The zero-order valence-electron chi connectivity index (χ0n) is 12.9. The summed E-state index contributed by atoms with van der Waals surface area (Å²) < 4.78 is 0. The van der Waals surface area contributed by atoms with Gasteiger partial charge in [-0.3, -0.25) is 4.90 Å². The molecule has 3 rings (SSSR count). The van der Waals surface area contributed by atoms with Crippen LogP contribution >= 0.6 is 0 Å². The topological polar surface area (TPSA) is 15.3 Å². The van der Waals surface area contributed by atoms with Crippen molar-refractivity contribution >= 4 is 0 Å². The second-order valence-corrected chi connectivity index (χ2v) is 6.73. The Hall–Kier alpha value is -0.860. The fourth-order valence-electron chi connectivity index (χ4n) is 3.44. The predicted molar refractivity (Wildman–Crippen MR) is 84.9 cm³/mol. The minimum absolute atomic E-state index is 0.560. The van der Waals surface area contributed by atoms with Gasteiger partial charge in [0.2, 0.25) is 0 Å². The Balaban J connectivity index is 1.67. The molecular weight excluding hydrogens is 244 g/mol. The smallest absolute Gasteiger partial charge is 0.0322 e. The highest BCUT2D eigenvalue weighted by molar-refractivity contribution is 5.24. The van der Waals surface area contributed by atoms with Crippen molar-refractivity contribution in [2.45, 2.75) is 51.6 Å². The first kappa shape index (κ1) is 14.1. The highest BCUT2D eigenvalue weighted by atomic mass is 15.2. The van der Waals surface area contributed by atoms with Gasteiger partial charge in [0.05, 0.1) is 0 Å². The van der Waals surface area contributed by atoms with Crippen LogP contribution in [0.5, 0.6) is 0 Å². The van der Waals surface area contributed by atoms with Crippen LogP contribution in [0.3, 0.4) is 0 Å². The van der Waals surface area contributed by atoms with Crippen molar-refractivity contribution in [1.29, 1.82) is 0 Å². The molecule has 20 heavy (non-hydrogen) atoms. The summed E-state index contributed by atoms with van der Waals surface area (Å²) in [5, 5.41) is 3.56. The lowest BCUT2D eigenvalue weighted by atomic mass is 9.97. The van der Waals surface area contributed by atoms with Crippen LogP contribution in [0.4, 0.5) is 0 Å². The number of hydrogen-bond donors (Lipinski definition) is 1. The third-order valence-electron chi connectivity index (χ3n) is 4.94. The quantitative estimate of drug-likeness (QED) is 0.882. The van der Waals surface area contributed by atoms with E-state index in [9.17, 15) is 0 Å². The first-order valence-electron chi connectivity index (χ1n) is 8.27. The Labute approximate surface area is 123 Å². The molecule has 1 heterocycles. The molecule has 2 atom stereocenters. The molecule has 0 aromatic heterocycles. The summed E-state index contributed by atoms with van der Waals surface area (Å²) in [6, 6.07) is 10.5. The van der Waals surface area contributed by atoms with Crippen LogP contribution in [0.1, 0.15) is 49.8 Å². The molecule has 2 aliphatic rings. The van der Waals surface area contributed by atoms with Crippen molar-refractivity contribution in [3.8, 4) is 0 Å². The summed E-state index contributed by atoms with van der Waals surface area (Å²) in [6.45, 7) is 8.25. The summed E-state index contributed by atoms with van der Waals surface area (Å²) in [5.41, 5.74) is 2.83. The van der Waals surface area contributed by atoms with Crippen molar-refractivity contribution in [2.24, 2.45) is 5.92 Å². The highest BCUT2D eigenvalue weighted by Gasteiger charge is 2.34. The molecule has 2 heteroatoms. The summed E-state index contributed by atoms with van der Waals surface area (Å²) in [5.74, 6) is 0.845. The van der Waals surface area contributed by atoms with Gasteiger partial charge in [0.1, 0.15) is 0 Å². The molecule has 110 valence electrons. The first-order chi connectivity index (χ1) is 9.74. The Kier molecular flexibility index (Phi) is 4.42. The average Bonchev–Trinajstić information content (AvgIpc) is 3.30. The molecule has 0 spiro atoms. The molecular formula is C18H28N2. The number of hydrogen-bond acceptors (Lipinski definition) is 2. The van der Waals surface area contributed by atoms with Crippen molar-refractivity contribution in [2.75, 3.05) is 19.6 Å². The minimum atomic E-state index is 0.560. The van der Waals surface area contributed by atoms with Gasteiger partial charge in [-0.15, -0.1) is 0 Å². The van der Waals surface area contributed by atoms with Crippen LogP contribution in [0, 0.1) is 12.8 Å². The zero-order chi connectivity index (χ0) is 13.9. The lowest BCUT2D eigenvalue weighted by molar-refractivity contribution is 0.154. The van der Waals surface area contributed by atoms with Gasteiger partial charge in [0.15, 0.2) is 0 Å². The minimum Gasteiger partial charge on any atom is -0.316 e. The van der Waals surface area contributed by atoms with Crippen molar-refractivity contribution in [1.82, 2.24) is 10.2 Å². The molecule has 0 bridgehead atoms. The normalized spacial score (nSPS) is 24.9. The Morgan fingerprint density at radius 3 is 2.55 bits per heavy atom. The molecule has 1 aromatic carbocycles. The number of rotatable bonds is 5. The van der Waals surface area contributed by atoms with Crippen molar-refractivity contribution in [3.05, 3.63) is 35.4 Å². The van der Waals surface area contributed by atoms with Crippen LogP contribution in [-0.4, -0.2) is 30.6 Å². The second kappa shape index (κ2) is 6.28. The van der Waals surface area contributed by atoms with E-state index in [1.54, 1.807) is 0 Å². The van der Waals surface area contributed by atoms with Crippen LogP contribution in [0.25, 0.3) is 0 Å². The van der Waals surface area contributed by atoms with E-state index in [1.807, 2.05) is 0 Å². The molecule has 2 nitrogen and oxygen atoms in total. The van der Waals surface area contributed by atoms with E-state index in [2.05, 4.69) is 48.3 Å². The second-order valence-electron chi connectivity index (χ2n) is 6.73. The summed E-state index contributed by atoms with van der Waals surface area (Å²) >= 11 is 0. The molecule has 0 radical (unpaired) electrons. The third-order valence-corrected chi connectivity index (χ3v) is 4.94. The summed E-state index contributed by atoms with van der Waals surface area (Å²) in [4.78, 5) is 2.77. The maximum Gasteiger partial charge on any atom is 0.0322 e. The van der Waals surface area contributed by atoms with Crippen molar-refractivity contribution < 1.29 is 0 Å². The Bertz CT molecular complexity index is 416. The van der Waals surface area contributed by atoms with Crippen LogP contribution < -0.4 is 5.32 Å². The van der Waals surface area contributed by atoms with E-state index in [1.165, 1.54) is 56.4 Å². The molecule has 1 saturated carbocycles. The average molecular weight is 272 g/mol. The van der Waals surface area contributed by atoms with Gasteiger partial charge in [0, 0.05) is 18.6 Å². The summed E-state index contributed by atoms with van der Waals surface area (Å²) in [6.07, 6.45) is 5.55. The van der Waals surface area contributed by atoms with Crippen LogP contribution in [0.15, 0.2) is 24.3 Å². The molecule has 0 amide bonds. The van der Waals surface area contributed by atoms with E-state index in [0.29, 0.717) is 6.04 Å². The highest BCUT2D eigenvalue weighted by Crippen LogP contribution is 2.35. The monoisotopic (exact) mass is 272 g/mol. The number of nitrogens with zero attached hydrogens (tertiary/aromatic N) is 1. The lowest BCUT2D eigenvalue weighted by Crippen LogP contribution is -2.40. The van der Waals surface area contributed by atoms with E-state index in [-0.39, 0.29) is 0 Å². The maximum atomic E-state index is 3.56. The van der Waals surface area contributed by atoms with E-state index in [4.69, 9.17) is 0 Å². The van der Waals surface area contributed by atoms with Crippen LogP contribution in [0.2, 0.25) is 0 Å². The SMILES string of the molecule is Cc1ccc(C(C)N(CC2CCCNC2)C2CC2)cc1. The molecule has 1 aliphatic heterocycles. The van der Waals surface area contributed by atoms with E-state index >= 15 is 0 Å². The molecule has 1 N–H and O–H groups in total. The van der Waals surface area contributed by atoms with Crippen LogP contribution in [-0.2, 0) is 0 Å². The fourth-order valence-corrected chi connectivity index (χ4v) is 3.44. The van der Waals surface area contributed by atoms with Gasteiger partial charge in [-0.2, -0.15) is 0 Å². The van der Waals surface area contributed by atoms with E-state index in [0.717, 1.165) is 12.0 Å². The van der Waals surface area contributed by atoms with Gasteiger partial charge >= 0.3 is 0 Å². The molecule has 1 saturated heterocycles. The lowest BCUT2D eigenvalue weighted by Gasteiger charge is -2.34. The molecule has 2 unspecified atom stereocenters. The number of nitrogens with one attached hydrogen (secondary N) is 1. The number of benzene rings is 1. The predicted octanol–water partition coefficient (Wildman–Crippen LogP) is 3.52. The van der Waals surface area contributed by atoms with E-state index < -0.39 is 0 Å². The largest absolute Gasteiger partial charge is 0.316 e. The first-order valence-corrected chi connectivity index (χ1v) is 8.27. The molecule has 2 fully saturated rings. The fraction of sp³-hybridized carbons (Fsp3) is 0.667. The standard InChI is InChI=1S/C18H28N2/c1-14-5-7-17(8-6-14)15(2)20(18-9-10-18)13-16-4-3-11-19-12-16/h5-8,15-16,18-19H,3-4,9-13H2,1-2H3. The van der Waals surface area contributed by atoms with Crippen molar-refractivity contribution in [3.63, 3.8) is 0 Å². The zero-order valence-corrected chi connectivity index (χ0v) is 12.9.